The second kappa shape index (κ2) is 6.22. The number of rotatable bonds is 4. The molecule has 0 fully saturated rings. The van der Waals surface area contributed by atoms with Gasteiger partial charge in [-0.2, -0.15) is 0 Å². The van der Waals surface area contributed by atoms with Gasteiger partial charge < -0.3 is 24.2 Å². The van der Waals surface area contributed by atoms with E-state index in [1.807, 2.05) is 20.8 Å². The fourth-order valence-corrected chi connectivity index (χ4v) is 2.27. The summed E-state index contributed by atoms with van der Waals surface area (Å²) in [5.41, 5.74) is 0.348. The predicted octanol–water partition coefficient (Wildman–Crippen LogP) is 2.77. The fraction of sp³-hybridized carbons (Fsp3) is 0.533. The molecule has 1 aliphatic rings. The first-order chi connectivity index (χ1) is 10.2. The Kier molecular flexibility index (Phi) is 4.72. The molecule has 0 bridgehead atoms. The van der Waals surface area contributed by atoms with E-state index in [9.17, 15) is 9.90 Å². The van der Waals surface area contributed by atoms with Gasteiger partial charge in [-0.25, -0.2) is 4.79 Å². The second-order valence-electron chi connectivity index (χ2n) is 6.01. The number of benzene rings is 1. The van der Waals surface area contributed by atoms with E-state index in [1.165, 1.54) is 7.11 Å². The number of anilines is 1. The first kappa shape index (κ1) is 16.7. The Bertz CT molecular complexity index is 570. The van der Waals surface area contributed by atoms with Gasteiger partial charge in [0.05, 0.1) is 30.0 Å². The maximum atomic E-state index is 11.3. The summed E-state index contributed by atoms with van der Waals surface area (Å²) in [6, 6.07) is 3.29. The predicted molar refractivity (Wildman–Crippen MR) is 83.1 cm³/mol. The molecular formula is C15H20ClNO5. The van der Waals surface area contributed by atoms with E-state index in [0.29, 0.717) is 22.2 Å². The van der Waals surface area contributed by atoms with Crippen molar-refractivity contribution < 1.29 is 24.1 Å². The molecule has 6 nitrogen and oxygen atoms in total. The van der Waals surface area contributed by atoms with Crippen molar-refractivity contribution in [3.63, 3.8) is 0 Å². The van der Waals surface area contributed by atoms with Gasteiger partial charge in [-0.05, 0) is 26.8 Å². The lowest BCUT2D eigenvalue weighted by Gasteiger charge is -2.36. The average molecular weight is 330 g/mol. The van der Waals surface area contributed by atoms with Crippen LogP contribution >= 0.6 is 11.6 Å². The van der Waals surface area contributed by atoms with Gasteiger partial charge in [-0.1, -0.05) is 11.6 Å². The van der Waals surface area contributed by atoms with E-state index in [1.54, 1.807) is 17.0 Å². The number of halogens is 1. The van der Waals surface area contributed by atoms with Gasteiger partial charge in [0.2, 0.25) is 6.10 Å². The van der Waals surface area contributed by atoms with Crippen molar-refractivity contribution in [3.8, 4) is 11.5 Å². The molecule has 22 heavy (non-hydrogen) atoms. The molecule has 1 aromatic carbocycles. The molecule has 0 aromatic heterocycles. The third-order valence-corrected chi connectivity index (χ3v) is 3.45. The maximum absolute atomic E-state index is 11.3. The van der Waals surface area contributed by atoms with Gasteiger partial charge in [0, 0.05) is 6.07 Å². The molecule has 0 saturated heterocycles. The minimum atomic E-state index is -1.03. The highest BCUT2D eigenvalue weighted by atomic mass is 35.5. The van der Waals surface area contributed by atoms with Gasteiger partial charge in [0.25, 0.3) is 0 Å². The standard InChI is InChI=1S/C15H20ClNO5/c1-15(2,3)21-8-17-7-13(14(18)19)22-12-6-11(20-4)9(16)5-10(12)17/h5-6,13H,7-8H2,1-4H3,(H,18,19). The first-order valence-electron chi connectivity index (χ1n) is 6.87. The summed E-state index contributed by atoms with van der Waals surface area (Å²) < 4.78 is 16.4. The van der Waals surface area contributed by atoms with Crippen LogP contribution in [0.2, 0.25) is 5.02 Å². The van der Waals surface area contributed by atoms with Crippen molar-refractivity contribution in [3.05, 3.63) is 17.2 Å². The molecule has 1 unspecified atom stereocenters. The van der Waals surface area contributed by atoms with E-state index >= 15 is 0 Å². The van der Waals surface area contributed by atoms with Crippen LogP contribution in [-0.2, 0) is 9.53 Å². The number of fused-ring (bicyclic) bond motifs is 1. The van der Waals surface area contributed by atoms with Crippen LogP contribution in [0.1, 0.15) is 20.8 Å². The summed E-state index contributed by atoms with van der Waals surface area (Å²) in [5, 5.41) is 9.67. The van der Waals surface area contributed by atoms with Gasteiger partial charge in [-0.15, -0.1) is 0 Å². The SMILES string of the molecule is COc1cc2c(cc1Cl)N(COC(C)(C)C)CC(C(=O)O)O2. The van der Waals surface area contributed by atoms with E-state index in [-0.39, 0.29) is 18.9 Å². The molecule has 1 aliphatic heterocycles. The Morgan fingerprint density at radius 3 is 2.73 bits per heavy atom. The highest BCUT2D eigenvalue weighted by molar-refractivity contribution is 6.32. The molecule has 1 heterocycles. The third-order valence-electron chi connectivity index (χ3n) is 3.16. The maximum Gasteiger partial charge on any atom is 0.346 e. The smallest absolute Gasteiger partial charge is 0.346 e. The number of carboxylic acids is 1. The molecule has 122 valence electrons. The number of ether oxygens (including phenoxy) is 3. The summed E-state index contributed by atoms with van der Waals surface area (Å²) in [5.74, 6) is -0.180. The van der Waals surface area contributed by atoms with Crippen LogP contribution in [-0.4, -0.2) is 43.2 Å². The van der Waals surface area contributed by atoms with Gasteiger partial charge >= 0.3 is 5.97 Å². The molecule has 0 saturated carbocycles. The van der Waals surface area contributed by atoms with Crippen molar-refractivity contribution in [2.24, 2.45) is 0 Å². The number of hydrogen-bond donors (Lipinski definition) is 1. The van der Waals surface area contributed by atoms with Crippen molar-refractivity contribution in [1.82, 2.24) is 0 Å². The average Bonchev–Trinajstić information content (AvgIpc) is 2.43. The number of hydrogen-bond acceptors (Lipinski definition) is 5. The van der Waals surface area contributed by atoms with Crippen LogP contribution in [0.4, 0.5) is 5.69 Å². The molecule has 1 atom stereocenters. The lowest BCUT2D eigenvalue weighted by Crippen LogP contribution is -2.46. The lowest BCUT2D eigenvalue weighted by molar-refractivity contribution is -0.145. The highest BCUT2D eigenvalue weighted by Gasteiger charge is 2.32. The normalized spacial score (nSPS) is 17.7. The monoisotopic (exact) mass is 329 g/mol. The van der Waals surface area contributed by atoms with E-state index in [4.69, 9.17) is 25.8 Å². The Hall–Kier alpha value is -1.66. The molecule has 1 aromatic rings. The van der Waals surface area contributed by atoms with Crippen LogP contribution in [0, 0.1) is 0 Å². The van der Waals surface area contributed by atoms with Crippen molar-refractivity contribution in [2.45, 2.75) is 32.5 Å². The second-order valence-corrected chi connectivity index (χ2v) is 6.41. The Morgan fingerprint density at radius 2 is 2.18 bits per heavy atom. The minimum Gasteiger partial charge on any atom is -0.495 e. The van der Waals surface area contributed by atoms with Crippen LogP contribution in [0.5, 0.6) is 11.5 Å². The molecule has 7 heteroatoms. The highest BCUT2D eigenvalue weighted by Crippen LogP contribution is 2.41. The van der Waals surface area contributed by atoms with E-state index in [2.05, 4.69) is 0 Å². The van der Waals surface area contributed by atoms with Gasteiger partial charge in [-0.3, -0.25) is 0 Å². The summed E-state index contributed by atoms with van der Waals surface area (Å²) in [4.78, 5) is 13.1. The molecule has 0 spiro atoms. The molecule has 0 radical (unpaired) electrons. The summed E-state index contributed by atoms with van der Waals surface area (Å²) in [6.45, 7) is 6.23. The van der Waals surface area contributed by atoms with Crippen molar-refractivity contribution in [2.75, 3.05) is 25.3 Å². The topological polar surface area (TPSA) is 68.2 Å². The Morgan fingerprint density at radius 1 is 1.50 bits per heavy atom. The quantitative estimate of drug-likeness (QED) is 0.916. The zero-order valence-corrected chi connectivity index (χ0v) is 13.8. The zero-order valence-electron chi connectivity index (χ0n) is 13.1. The molecule has 2 rings (SSSR count). The molecule has 0 amide bonds. The molecule has 0 aliphatic carbocycles. The van der Waals surface area contributed by atoms with Crippen molar-refractivity contribution >= 4 is 23.3 Å². The number of methoxy groups -OCH3 is 1. The lowest BCUT2D eigenvalue weighted by atomic mass is 10.2. The third kappa shape index (κ3) is 3.75. The first-order valence-corrected chi connectivity index (χ1v) is 7.25. The number of nitrogens with zero attached hydrogens (tertiary/aromatic N) is 1. The van der Waals surface area contributed by atoms with Gasteiger partial charge in [0.15, 0.2) is 0 Å². The number of aliphatic carboxylic acids is 1. The van der Waals surface area contributed by atoms with Crippen LogP contribution in [0.15, 0.2) is 12.1 Å². The number of carboxylic acid groups (broad SMARTS) is 1. The fourth-order valence-electron chi connectivity index (χ4n) is 2.03. The summed E-state index contributed by atoms with van der Waals surface area (Å²) in [7, 11) is 1.49. The summed E-state index contributed by atoms with van der Waals surface area (Å²) in [6.07, 6.45) is -0.970. The van der Waals surface area contributed by atoms with E-state index < -0.39 is 12.1 Å². The van der Waals surface area contributed by atoms with Crippen LogP contribution in [0.25, 0.3) is 0 Å². The van der Waals surface area contributed by atoms with Crippen LogP contribution < -0.4 is 14.4 Å². The molecular weight excluding hydrogens is 310 g/mol. The van der Waals surface area contributed by atoms with Crippen LogP contribution in [0.3, 0.4) is 0 Å². The van der Waals surface area contributed by atoms with Crippen molar-refractivity contribution in [1.29, 1.82) is 0 Å². The minimum absolute atomic E-state index is 0.182. The zero-order chi connectivity index (χ0) is 16.5. The van der Waals surface area contributed by atoms with E-state index in [0.717, 1.165) is 0 Å². The van der Waals surface area contributed by atoms with Gasteiger partial charge in [0.1, 0.15) is 18.2 Å². The number of carbonyl (C=O) groups is 1. The Labute approximate surface area is 134 Å². The molecule has 1 N–H and O–H groups in total. The summed E-state index contributed by atoms with van der Waals surface area (Å²) >= 11 is 6.15. The Balaban J connectivity index is 2.34. The largest absolute Gasteiger partial charge is 0.495 e.